The molecule has 5 N–H and O–H groups in total. The van der Waals surface area contributed by atoms with Gasteiger partial charge in [0.05, 0.1) is 49.4 Å². The van der Waals surface area contributed by atoms with Crippen molar-refractivity contribution in [3.63, 3.8) is 0 Å². The lowest BCUT2D eigenvalue weighted by Crippen LogP contribution is -2.33. The van der Waals surface area contributed by atoms with Crippen LogP contribution < -0.4 is 35.7 Å². The van der Waals surface area contributed by atoms with Crippen molar-refractivity contribution in [2.75, 3.05) is 43.5 Å². The van der Waals surface area contributed by atoms with Crippen LogP contribution in [0.25, 0.3) is 49.2 Å². The molecule has 260 valence electrons. The number of hydrogen-bond acceptors (Lipinski definition) is 13. The number of carboxylic acids is 2. The summed E-state index contributed by atoms with van der Waals surface area (Å²) in [5.41, 5.74) is -0.723. The van der Waals surface area contributed by atoms with E-state index in [2.05, 4.69) is 35.9 Å². The molecule has 0 saturated carbocycles. The summed E-state index contributed by atoms with van der Waals surface area (Å²) in [7, 11) is 4.01. The lowest BCUT2D eigenvalue weighted by Gasteiger charge is -2.26. The van der Waals surface area contributed by atoms with Crippen LogP contribution in [0.2, 0.25) is 0 Å². The Morgan fingerprint density at radius 3 is 1.86 bits per heavy atom. The Morgan fingerprint density at radius 2 is 1.34 bits per heavy atom. The number of fused-ring (bicyclic) bond motifs is 1. The number of thiol groups is 2. The van der Waals surface area contributed by atoms with Crippen LogP contribution in [0.3, 0.4) is 0 Å². The molecule has 0 aromatic heterocycles. The number of benzene rings is 5. The maximum absolute atomic E-state index is 14.7. The first-order valence-corrected chi connectivity index (χ1v) is 16.5. The molecule has 0 bridgehead atoms. The Bertz CT molecular complexity index is 2450. The summed E-state index contributed by atoms with van der Waals surface area (Å²) >= 11 is 8.36. The lowest BCUT2D eigenvalue weighted by molar-refractivity contribution is -0.138. The fourth-order valence-corrected chi connectivity index (χ4v) is 7.77. The average Bonchev–Trinajstić information content (AvgIpc) is 3.20. The van der Waals surface area contributed by atoms with Crippen LogP contribution in [-0.4, -0.2) is 78.0 Å². The van der Waals surface area contributed by atoms with Gasteiger partial charge in [0.2, 0.25) is 10.9 Å². The molecular formula is C35H32N2O11S2. The minimum absolute atomic E-state index is 0.00866. The minimum atomic E-state index is -1.34. The second-order valence-corrected chi connectivity index (χ2v) is 12.7. The molecule has 0 aliphatic heterocycles. The zero-order valence-corrected chi connectivity index (χ0v) is 29.2. The van der Waals surface area contributed by atoms with Gasteiger partial charge in [-0.05, 0) is 19.2 Å². The average molecular weight is 721 g/mol. The number of carbonyl (C=O) groups excluding carboxylic acids is 1. The van der Waals surface area contributed by atoms with Crippen LogP contribution in [0.1, 0.15) is 30.9 Å². The minimum Gasteiger partial charge on any atom is -0.507 e. The number of rotatable bonds is 12. The Balaban J connectivity index is 2.07. The largest absolute Gasteiger partial charge is 0.507 e. The number of ketones is 1. The van der Waals surface area contributed by atoms with Gasteiger partial charge in [-0.3, -0.25) is 14.4 Å². The van der Waals surface area contributed by atoms with Crippen molar-refractivity contribution in [3.8, 4) is 23.0 Å². The van der Waals surface area contributed by atoms with Crippen molar-refractivity contribution in [2.45, 2.75) is 31.8 Å². The topological polar surface area (TPSA) is 198 Å². The highest BCUT2D eigenvalue weighted by Crippen LogP contribution is 2.56. The van der Waals surface area contributed by atoms with E-state index in [0.717, 1.165) is 0 Å². The Labute approximate surface area is 294 Å². The third-order valence-electron chi connectivity index (χ3n) is 9.28. The fraction of sp³-hybridized carbons (Fsp3) is 0.286. The van der Waals surface area contributed by atoms with E-state index in [4.69, 9.17) is 14.2 Å². The molecule has 0 fully saturated rings. The number of allylic oxidation sites excluding steroid dienone is 1. The van der Waals surface area contributed by atoms with E-state index in [1.165, 1.54) is 40.4 Å². The van der Waals surface area contributed by atoms with Crippen molar-refractivity contribution in [1.29, 1.82) is 0 Å². The number of phenols is 1. The number of ether oxygens (including phenoxy) is 3. The molecule has 13 nitrogen and oxygen atoms in total. The van der Waals surface area contributed by atoms with Gasteiger partial charge in [0.25, 0.3) is 0 Å². The number of methoxy groups -OCH3 is 3. The van der Waals surface area contributed by atoms with Crippen LogP contribution in [0.5, 0.6) is 23.0 Å². The van der Waals surface area contributed by atoms with Gasteiger partial charge in [-0.15, -0.1) is 0 Å². The van der Waals surface area contributed by atoms with Crippen LogP contribution in [0.4, 0.5) is 11.4 Å². The molecule has 6 rings (SSSR count). The molecule has 15 heteroatoms. The molecule has 0 spiro atoms. The predicted molar refractivity (Wildman–Crippen MR) is 198 cm³/mol. The van der Waals surface area contributed by atoms with Gasteiger partial charge in [0.1, 0.15) is 35.1 Å². The number of carbonyl (C=O) groups is 3. The van der Waals surface area contributed by atoms with E-state index in [9.17, 15) is 39.3 Å². The monoisotopic (exact) mass is 720 g/mol. The van der Waals surface area contributed by atoms with Crippen LogP contribution in [0, 0.1) is 0 Å². The molecule has 3 unspecified atom stereocenters. The summed E-state index contributed by atoms with van der Waals surface area (Å²) in [6, 6.07) is 0.107. The zero-order chi connectivity index (χ0) is 36.5. The van der Waals surface area contributed by atoms with Gasteiger partial charge in [-0.25, -0.2) is 9.59 Å². The number of aromatic hydroxyl groups is 1. The normalized spacial score (nSPS) is 15.3. The summed E-state index contributed by atoms with van der Waals surface area (Å²) in [4.78, 5) is 67.2. The second kappa shape index (κ2) is 12.6. The molecule has 1 aliphatic carbocycles. The summed E-state index contributed by atoms with van der Waals surface area (Å²) in [5.74, 6) is -4.74. The number of phenolic OH excluding ortho intramolecular Hbond substituents is 1. The lowest BCUT2D eigenvalue weighted by atomic mass is 9.80. The van der Waals surface area contributed by atoms with E-state index < -0.39 is 46.5 Å². The number of anilines is 2. The van der Waals surface area contributed by atoms with Crippen LogP contribution >= 0.6 is 25.3 Å². The quantitative estimate of drug-likeness (QED) is 0.0548. The molecule has 0 radical (unpaired) electrons. The smallest absolute Gasteiger partial charge is 0.326 e. The summed E-state index contributed by atoms with van der Waals surface area (Å²) in [6.45, 7) is 3.00. The first kappa shape index (κ1) is 34.7. The number of nitrogens with one attached hydrogen (secondary N) is 2. The van der Waals surface area contributed by atoms with Gasteiger partial charge in [-0.1, -0.05) is 11.6 Å². The Morgan fingerprint density at radius 1 is 0.780 bits per heavy atom. The number of carboxylic acid groups (broad SMARTS) is 2. The maximum Gasteiger partial charge on any atom is 0.326 e. The van der Waals surface area contributed by atoms with Crippen molar-refractivity contribution in [1.82, 2.24) is 0 Å². The Hall–Kier alpha value is -5.15. The number of Topliss-reactive ketones (excluding diaryl/α,β-unsaturated/α-hetero) is 1. The summed E-state index contributed by atoms with van der Waals surface area (Å²) < 4.78 is 17.4. The molecule has 3 atom stereocenters. The highest BCUT2D eigenvalue weighted by atomic mass is 32.1. The Kier molecular flexibility index (Phi) is 8.76. The SMILES string of the molecule is COc1c2c3c4c(c(NC(CS)C(=O)O)c(=O)c5c(O)cc(OC)c(c6c(OC)cc(NC(CS)C(=O)O)c(c1=O)c63)c54)C=C(C)C2C(C)=O. The second-order valence-electron chi connectivity index (χ2n) is 12.0. The van der Waals surface area contributed by atoms with Gasteiger partial charge in [-0.2, -0.15) is 25.3 Å². The maximum atomic E-state index is 14.7. The standard InChI is InChI=1S/C35H32N2O11S2/c1-11-6-13-21-26-23(31(40)30(13)37-16(10-50)35(44)45)17(39)8-19(47-4)25(26)24-18(46-3)7-14(36-15(9-49)34(42)43)22-28(24)27(21)29(20(11)12(2)38)33(48-5)32(22)41/h6-8,15-16,20,36-37,39,49-50H,9-10H2,1-5H3,(H,42,43)(H,44,45). The van der Waals surface area contributed by atoms with Crippen molar-refractivity contribution < 1.29 is 43.9 Å². The molecule has 0 saturated heterocycles. The van der Waals surface area contributed by atoms with Crippen molar-refractivity contribution in [2.24, 2.45) is 0 Å². The fourth-order valence-electron chi connectivity index (χ4n) is 7.27. The third-order valence-corrected chi connectivity index (χ3v) is 10.0. The highest BCUT2D eigenvalue weighted by molar-refractivity contribution is 7.80. The van der Waals surface area contributed by atoms with Crippen molar-refractivity contribution >= 4 is 104 Å². The summed E-state index contributed by atoms with van der Waals surface area (Å²) in [6.07, 6.45) is 1.59. The molecule has 5 aromatic carbocycles. The molecular weight excluding hydrogens is 689 g/mol. The first-order chi connectivity index (χ1) is 23.8. The van der Waals surface area contributed by atoms with Gasteiger partial charge < -0.3 is 40.2 Å². The number of hydrogen-bond donors (Lipinski definition) is 7. The van der Waals surface area contributed by atoms with E-state index in [-0.39, 0.29) is 100 Å². The van der Waals surface area contributed by atoms with E-state index >= 15 is 0 Å². The van der Waals surface area contributed by atoms with Gasteiger partial charge >= 0.3 is 11.9 Å². The molecule has 0 heterocycles. The summed E-state index contributed by atoms with van der Waals surface area (Å²) in [5, 5.41) is 38.4. The van der Waals surface area contributed by atoms with Crippen LogP contribution in [-0.2, 0) is 14.4 Å². The van der Waals surface area contributed by atoms with Gasteiger partial charge in [0.15, 0.2) is 5.75 Å². The van der Waals surface area contributed by atoms with E-state index in [1.54, 1.807) is 13.0 Å². The zero-order valence-electron chi connectivity index (χ0n) is 27.4. The van der Waals surface area contributed by atoms with E-state index in [1.807, 2.05) is 0 Å². The van der Waals surface area contributed by atoms with Gasteiger partial charge in [0, 0.05) is 61.7 Å². The van der Waals surface area contributed by atoms with Crippen molar-refractivity contribution in [3.05, 3.63) is 49.3 Å². The molecule has 0 amide bonds. The first-order valence-electron chi connectivity index (χ1n) is 15.2. The highest BCUT2D eigenvalue weighted by Gasteiger charge is 2.38. The molecule has 50 heavy (non-hydrogen) atoms. The molecule has 1 aliphatic rings. The molecule has 5 aromatic rings. The predicted octanol–water partition coefficient (Wildman–Crippen LogP) is 4.31. The van der Waals surface area contributed by atoms with E-state index in [0.29, 0.717) is 5.57 Å². The van der Waals surface area contributed by atoms with Crippen LogP contribution in [0.15, 0.2) is 27.3 Å². The third kappa shape index (κ3) is 4.81. The number of aliphatic carboxylic acids is 2.